The molecule has 2 nitrogen and oxygen atoms in total. The Balaban J connectivity index is 1.20. The minimum Gasteiger partial charge on any atom is -0.489 e. The summed E-state index contributed by atoms with van der Waals surface area (Å²) in [7, 11) is 0. The first kappa shape index (κ1) is 22.1. The van der Waals surface area contributed by atoms with Gasteiger partial charge in [0, 0.05) is 31.5 Å². The number of rotatable bonds is 7. The van der Waals surface area contributed by atoms with E-state index in [2.05, 4.69) is 121 Å². The van der Waals surface area contributed by atoms with E-state index in [1.807, 2.05) is 12.1 Å². The average Bonchev–Trinajstić information content (AvgIpc) is 3.30. The van der Waals surface area contributed by atoms with Crippen LogP contribution in [0.4, 0.5) is 11.4 Å². The van der Waals surface area contributed by atoms with Gasteiger partial charge in [-0.2, -0.15) is 0 Å². The van der Waals surface area contributed by atoms with E-state index in [0.29, 0.717) is 6.61 Å². The standard InChI is InChI=1S/C33H25NOS/c1-2-23-8-10-24(11-9-23)22-35-29-17-18-30-31-20-28(16-19-32(31)36-33(30)21-29)34-27-14-12-26(13-15-27)25-6-4-3-5-7-25/h2-21,34H,1,22H2. The number of benzene rings is 5. The van der Waals surface area contributed by atoms with E-state index in [-0.39, 0.29) is 0 Å². The van der Waals surface area contributed by atoms with Crippen LogP contribution in [0.3, 0.4) is 0 Å². The van der Waals surface area contributed by atoms with Crippen molar-refractivity contribution < 1.29 is 4.74 Å². The summed E-state index contributed by atoms with van der Waals surface area (Å²) in [5.41, 5.74) is 6.85. The van der Waals surface area contributed by atoms with Crippen LogP contribution in [0.15, 0.2) is 122 Å². The van der Waals surface area contributed by atoms with Crippen molar-refractivity contribution in [3.63, 3.8) is 0 Å². The fourth-order valence-corrected chi connectivity index (χ4v) is 5.50. The second-order valence-electron chi connectivity index (χ2n) is 8.77. The maximum Gasteiger partial charge on any atom is 0.121 e. The molecule has 0 aliphatic rings. The van der Waals surface area contributed by atoms with Crippen molar-refractivity contribution >= 4 is 49.0 Å². The summed E-state index contributed by atoms with van der Waals surface area (Å²) in [6, 6.07) is 40.3. The van der Waals surface area contributed by atoms with E-state index in [4.69, 9.17) is 4.74 Å². The molecule has 0 aliphatic carbocycles. The fourth-order valence-electron chi connectivity index (χ4n) is 4.38. The van der Waals surface area contributed by atoms with Crippen LogP contribution in [-0.2, 0) is 6.61 Å². The summed E-state index contributed by atoms with van der Waals surface area (Å²) < 4.78 is 8.58. The van der Waals surface area contributed by atoms with Crippen molar-refractivity contribution in [1.29, 1.82) is 0 Å². The lowest BCUT2D eigenvalue weighted by atomic mass is 10.1. The molecule has 0 atom stereocenters. The van der Waals surface area contributed by atoms with Crippen molar-refractivity contribution in [2.45, 2.75) is 6.61 Å². The molecular formula is C33H25NOS. The first-order valence-electron chi connectivity index (χ1n) is 12.0. The summed E-state index contributed by atoms with van der Waals surface area (Å²) in [6.45, 7) is 4.35. The monoisotopic (exact) mass is 483 g/mol. The topological polar surface area (TPSA) is 21.3 Å². The van der Waals surface area contributed by atoms with E-state index in [1.54, 1.807) is 11.3 Å². The third kappa shape index (κ3) is 4.61. The molecule has 3 heteroatoms. The minimum absolute atomic E-state index is 0.547. The maximum absolute atomic E-state index is 6.08. The molecule has 36 heavy (non-hydrogen) atoms. The smallest absolute Gasteiger partial charge is 0.121 e. The maximum atomic E-state index is 6.08. The van der Waals surface area contributed by atoms with Crippen LogP contribution in [-0.4, -0.2) is 0 Å². The van der Waals surface area contributed by atoms with E-state index >= 15 is 0 Å². The Morgan fingerprint density at radius 1 is 0.667 bits per heavy atom. The second-order valence-corrected chi connectivity index (χ2v) is 9.86. The van der Waals surface area contributed by atoms with E-state index in [9.17, 15) is 0 Å². The van der Waals surface area contributed by atoms with E-state index in [0.717, 1.165) is 28.3 Å². The lowest BCUT2D eigenvalue weighted by Crippen LogP contribution is -1.94. The lowest BCUT2D eigenvalue weighted by molar-refractivity contribution is 0.306. The number of nitrogens with one attached hydrogen (secondary N) is 1. The van der Waals surface area contributed by atoms with Crippen molar-refractivity contribution in [1.82, 2.24) is 0 Å². The molecular weight excluding hydrogens is 458 g/mol. The highest BCUT2D eigenvalue weighted by Gasteiger charge is 2.08. The largest absolute Gasteiger partial charge is 0.489 e. The predicted molar refractivity (Wildman–Crippen MR) is 155 cm³/mol. The molecule has 174 valence electrons. The number of hydrogen-bond acceptors (Lipinski definition) is 3. The number of fused-ring (bicyclic) bond motifs is 3. The lowest BCUT2D eigenvalue weighted by Gasteiger charge is -2.08. The zero-order chi connectivity index (χ0) is 24.3. The quantitative estimate of drug-likeness (QED) is 0.244. The van der Waals surface area contributed by atoms with Crippen molar-refractivity contribution in [3.8, 4) is 16.9 Å². The summed E-state index contributed by atoms with van der Waals surface area (Å²) in [5.74, 6) is 0.888. The van der Waals surface area contributed by atoms with E-state index in [1.165, 1.54) is 31.3 Å². The highest BCUT2D eigenvalue weighted by molar-refractivity contribution is 7.25. The molecule has 1 heterocycles. The Morgan fingerprint density at radius 2 is 1.42 bits per heavy atom. The summed E-state index contributed by atoms with van der Waals surface area (Å²) in [5, 5.41) is 6.07. The van der Waals surface area contributed by atoms with Gasteiger partial charge in [-0.1, -0.05) is 79.4 Å². The van der Waals surface area contributed by atoms with Crippen molar-refractivity contribution in [2.75, 3.05) is 5.32 Å². The van der Waals surface area contributed by atoms with Crippen LogP contribution in [0.25, 0.3) is 37.4 Å². The van der Waals surface area contributed by atoms with Gasteiger partial charge >= 0.3 is 0 Å². The summed E-state index contributed by atoms with van der Waals surface area (Å²) >= 11 is 1.80. The van der Waals surface area contributed by atoms with Gasteiger partial charge in [-0.05, 0) is 70.8 Å². The van der Waals surface area contributed by atoms with Gasteiger partial charge in [-0.3, -0.25) is 0 Å². The molecule has 0 radical (unpaired) electrons. The highest BCUT2D eigenvalue weighted by Crippen LogP contribution is 2.38. The zero-order valence-corrected chi connectivity index (χ0v) is 20.6. The molecule has 0 aliphatic heterocycles. The first-order chi connectivity index (χ1) is 17.7. The van der Waals surface area contributed by atoms with Crippen molar-refractivity contribution in [3.05, 3.63) is 133 Å². The Kier molecular flexibility index (Phi) is 5.98. The zero-order valence-electron chi connectivity index (χ0n) is 19.8. The summed E-state index contributed by atoms with van der Waals surface area (Å²) in [6.07, 6.45) is 1.85. The third-order valence-corrected chi connectivity index (χ3v) is 7.48. The van der Waals surface area contributed by atoms with Crippen LogP contribution in [0, 0.1) is 0 Å². The molecule has 1 aromatic heterocycles. The molecule has 0 unspecified atom stereocenters. The molecule has 0 bridgehead atoms. The molecule has 0 spiro atoms. The van der Waals surface area contributed by atoms with Crippen LogP contribution in [0.1, 0.15) is 11.1 Å². The average molecular weight is 484 g/mol. The Labute approximate surface area is 215 Å². The van der Waals surface area contributed by atoms with Gasteiger partial charge in [0.2, 0.25) is 0 Å². The molecule has 0 amide bonds. The van der Waals surface area contributed by atoms with Gasteiger partial charge in [-0.15, -0.1) is 11.3 Å². The molecule has 6 aromatic rings. The van der Waals surface area contributed by atoms with Gasteiger partial charge in [0.05, 0.1) is 0 Å². The summed E-state index contributed by atoms with van der Waals surface area (Å²) in [4.78, 5) is 0. The molecule has 0 fully saturated rings. The Hall–Kier alpha value is -4.34. The van der Waals surface area contributed by atoms with Gasteiger partial charge < -0.3 is 10.1 Å². The van der Waals surface area contributed by atoms with Gasteiger partial charge in [-0.25, -0.2) is 0 Å². The van der Waals surface area contributed by atoms with Crippen LogP contribution in [0.5, 0.6) is 5.75 Å². The van der Waals surface area contributed by atoms with Gasteiger partial charge in [0.1, 0.15) is 12.4 Å². The number of hydrogen-bond donors (Lipinski definition) is 1. The Morgan fingerprint density at radius 3 is 2.19 bits per heavy atom. The minimum atomic E-state index is 0.547. The molecule has 0 saturated heterocycles. The number of anilines is 2. The predicted octanol–water partition coefficient (Wildman–Crippen LogP) is 9.69. The van der Waals surface area contributed by atoms with Crippen LogP contribution >= 0.6 is 11.3 Å². The van der Waals surface area contributed by atoms with Gasteiger partial charge in [0.25, 0.3) is 0 Å². The second kappa shape index (κ2) is 9.73. The number of thiophene rings is 1. The first-order valence-corrected chi connectivity index (χ1v) is 12.8. The fraction of sp³-hybridized carbons (Fsp3) is 0.0303. The molecule has 1 N–H and O–H groups in total. The van der Waals surface area contributed by atoms with E-state index < -0.39 is 0 Å². The normalized spacial score (nSPS) is 11.0. The number of ether oxygens (including phenoxy) is 1. The van der Waals surface area contributed by atoms with Gasteiger partial charge in [0.15, 0.2) is 0 Å². The molecule has 6 rings (SSSR count). The third-order valence-electron chi connectivity index (χ3n) is 6.34. The molecule has 0 saturated carbocycles. The van der Waals surface area contributed by atoms with Crippen LogP contribution < -0.4 is 10.1 Å². The van der Waals surface area contributed by atoms with Crippen molar-refractivity contribution in [2.24, 2.45) is 0 Å². The SMILES string of the molecule is C=Cc1ccc(COc2ccc3c(c2)sc2ccc(Nc4ccc(-c5ccccc5)cc4)cc23)cc1. The highest BCUT2D eigenvalue weighted by atomic mass is 32.1. The Bertz CT molecular complexity index is 1650. The molecule has 5 aromatic carbocycles. The van der Waals surface area contributed by atoms with Crippen LogP contribution in [0.2, 0.25) is 0 Å².